The number of halogens is 2. The first-order valence-corrected chi connectivity index (χ1v) is 11.4. The van der Waals surface area contributed by atoms with Gasteiger partial charge in [-0.3, -0.25) is 28.8 Å². The first-order chi connectivity index (χ1) is 17.2. The predicted octanol–water partition coefficient (Wildman–Crippen LogP) is 2.49. The number of ketones is 4. The summed E-state index contributed by atoms with van der Waals surface area (Å²) >= 11 is 0. The van der Waals surface area contributed by atoms with E-state index in [0.717, 1.165) is 12.1 Å². The fourth-order valence-corrected chi connectivity index (χ4v) is 3.93. The van der Waals surface area contributed by atoms with Crippen molar-refractivity contribution in [3.05, 3.63) is 71.3 Å². The number of hydrogen-bond acceptors (Lipinski definition) is 6. The van der Waals surface area contributed by atoms with Gasteiger partial charge in [-0.25, -0.2) is 8.78 Å². The molecule has 0 aromatic heterocycles. The van der Waals surface area contributed by atoms with Crippen LogP contribution in [0.4, 0.5) is 8.78 Å². The maximum absolute atomic E-state index is 13.7. The summed E-state index contributed by atoms with van der Waals surface area (Å²) in [6.07, 6.45) is 0.0695. The number of benzene rings is 2. The molecule has 8 nitrogen and oxygen atoms in total. The van der Waals surface area contributed by atoms with Crippen molar-refractivity contribution in [2.45, 2.75) is 50.6 Å². The Morgan fingerprint density at radius 3 is 1.28 bits per heavy atom. The van der Waals surface area contributed by atoms with Crippen molar-refractivity contribution in [2.75, 3.05) is 0 Å². The maximum Gasteiger partial charge on any atom is 0.288 e. The third-order valence-electron chi connectivity index (χ3n) is 5.89. The van der Waals surface area contributed by atoms with E-state index in [-0.39, 0.29) is 23.2 Å². The van der Waals surface area contributed by atoms with Crippen molar-refractivity contribution >= 4 is 34.9 Å². The van der Waals surface area contributed by atoms with Gasteiger partial charge < -0.3 is 10.6 Å². The SMILES string of the molecule is O=C(CC(=O)c1ccccc1F)C(=O)NC1CCC(NC(=O)C(=O)CC(=O)c2ccccc2F)CC1. The van der Waals surface area contributed by atoms with E-state index in [1.807, 2.05) is 0 Å². The zero-order chi connectivity index (χ0) is 26.2. The van der Waals surface area contributed by atoms with Crippen molar-refractivity contribution in [2.24, 2.45) is 0 Å². The van der Waals surface area contributed by atoms with Crippen molar-refractivity contribution in [1.29, 1.82) is 0 Å². The van der Waals surface area contributed by atoms with Crippen LogP contribution in [-0.2, 0) is 19.2 Å². The van der Waals surface area contributed by atoms with E-state index in [2.05, 4.69) is 10.6 Å². The standard InChI is InChI=1S/C26H24F2N2O6/c27-19-7-3-1-5-17(19)21(31)13-23(33)25(35)29-15-9-11-16(12-10-15)30-26(36)24(34)14-22(32)18-6-2-4-8-20(18)28/h1-8,15-16H,9-14H2,(H,29,35)(H,30,36). The van der Waals surface area contributed by atoms with Gasteiger partial charge in [0.05, 0.1) is 24.0 Å². The number of amides is 2. The Morgan fingerprint density at radius 1 is 0.611 bits per heavy atom. The van der Waals surface area contributed by atoms with Crippen LogP contribution in [0.15, 0.2) is 48.5 Å². The lowest BCUT2D eigenvalue weighted by Gasteiger charge is -2.29. The fourth-order valence-electron chi connectivity index (χ4n) is 3.93. The number of hydrogen-bond donors (Lipinski definition) is 2. The van der Waals surface area contributed by atoms with Gasteiger partial charge in [-0.1, -0.05) is 24.3 Å². The van der Waals surface area contributed by atoms with E-state index < -0.39 is 59.4 Å². The van der Waals surface area contributed by atoms with E-state index in [1.54, 1.807) is 0 Å². The maximum atomic E-state index is 13.7. The summed E-state index contributed by atoms with van der Waals surface area (Å²) in [4.78, 5) is 72.7. The average molecular weight is 498 g/mol. The Bertz CT molecular complexity index is 1110. The number of Topliss-reactive ketones (excluding diaryl/α,β-unsaturated/α-hetero) is 4. The highest BCUT2D eigenvalue weighted by Gasteiger charge is 2.29. The van der Waals surface area contributed by atoms with Crippen molar-refractivity contribution in [3.63, 3.8) is 0 Å². The highest BCUT2D eigenvalue weighted by molar-refractivity contribution is 6.40. The molecule has 0 spiro atoms. The second-order valence-electron chi connectivity index (χ2n) is 8.50. The summed E-state index contributed by atoms with van der Waals surface area (Å²) in [5.41, 5.74) is -0.528. The van der Waals surface area contributed by atoms with Gasteiger partial charge in [0.2, 0.25) is 11.6 Å². The molecule has 1 saturated carbocycles. The van der Waals surface area contributed by atoms with E-state index >= 15 is 0 Å². The largest absolute Gasteiger partial charge is 0.347 e. The number of carbonyl (C=O) groups is 6. The van der Waals surface area contributed by atoms with Crippen LogP contribution in [0, 0.1) is 11.6 Å². The predicted molar refractivity (Wildman–Crippen MR) is 123 cm³/mol. The van der Waals surface area contributed by atoms with Crippen LogP contribution in [0.2, 0.25) is 0 Å². The summed E-state index contributed by atoms with van der Waals surface area (Å²) in [6.45, 7) is 0. The molecule has 1 aliphatic carbocycles. The zero-order valence-electron chi connectivity index (χ0n) is 19.2. The highest BCUT2D eigenvalue weighted by atomic mass is 19.1. The van der Waals surface area contributed by atoms with E-state index in [4.69, 9.17) is 0 Å². The first-order valence-electron chi connectivity index (χ1n) is 11.4. The van der Waals surface area contributed by atoms with E-state index in [9.17, 15) is 37.5 Å². The second kappa shape index (κ2) is 12.1. The van der Waals surface area contributed by atoms with Gasteiger partial charge in [0.15, 0.2) is 11.6 Å². The molecule has 188 valence electrons. The molecule has 0 unspecified atom stereocenters. The molecule has 2 aromatic carbocycles. The monoisotopic (exact) mass is 498 g/mol. The number of rotatable bonds is 10. The highest BCUT2D eigenvalue weighted by Crippen LogP contribution is 2.19. The van der Waals surface area contributed by atoms with E-state index in [1.165, 1.54) is 36.4 Å². The Hall–Kier alpha value is -4.08. The zero-order valence-corrected chi connectivity index (χ0v) is 19.2. The lowest BCUT2D eigenvalue weighted by Crippen LogP contribution is -2.47. The molecule has 0 bridgehead atoms. The Kier molecular flexibility index (Phi) is 8.88. The van der Waals surface area contributed by atoms with Crippen LogP contribution in [0.3, 0.4) is 0 Å². The molecule has 2 N–H and O–H groups in total. The molecule has 0 aliphatic heterocycles. The molecule has 0 saturated heterocycles. The van der Waals surface area contributed by atoms with Crippen LogP contribution < -0.4 is 10.6 Å². The van der Waals surface area contributed by atoms with Crippen LogP contribution in [0.25, 0.3) is 0 Å². The lowest BCUT2D eigenvalue weighted by molar-refractivity contribution is -0.138. The molecule has 10 heteroatoms. The van der Waals surface area contributed by atoms with Gasteiger partial charge >= 0.3 is 0 Å². The molecule has 3 rings (SSSR count). The number of carbonyl (C=O) groups excluding carboxylic acids is 6. The van der Waals surface area contributed by atoms with Crippen LogP contribution in [0.5, 0.6) is 0 Å². The van der Waals surface area contributed by atoms with Gasteiger partial charge in [0.25, 0.3) is 11.8 Å². The van der Waals surface area contributed by atoms with Crippen molar-refractivity contribution in [3.8, 4) is 0 Å². The van der Waals surface area contributed by atoms with Gasteiger partial charge in [0.1, 0.15) is 11.6 Å². The topological polar surface area (TPSA) is 126 Å². The van der Waals surface area contributed by atoms with Crippen LogP contribution in [-0.4, -0.2) is 47.0 Å². The molecule has 2 aromatic rings. The molecule has 0 heterocycles. The Labute approximate surface area is 205 Å². The second-order valence-corrected chi connectivity index (χ2v) is 8.50. The van der Waals surface area contributed by atoms with Crippen LogP contribution >= 0.6 is 0 Å². The van der Waals surface area contributed by atoms with Gasteiger partial charge in [-0.2, -0.15) is 0 Å². The third kappa shape index (κ3) is 6.97. The smallest absolute Gasteiger partial charge is 0.288 e. The molecular weight excluding hydrogens is 474 g/mol. The normalized spacial score (nSPS) is 17.1. The lowest BCUT2D eigenvalue weighted by atomic mass is 9.90. The summed E-state index contributed by atoms with van der Waals surface area (Å²) in [5, 5.41) is 5.08. The molecule has 0 radical (unpaired) electrons. The van der Waals surface area contributed by atoms with Gasteiger partial charge in [0, 0.05) is 12.1 Å². The molecule has 36 heavy (non-hydrogen) atoms. The van der Waals surface area contributed by atoms with Crippen molar-refractivity contribution in [1.82, 2.24) is 10.6 Å². The molecule has 2 amide bonds. The summed E-state index contributed by atoms with van der Waals surface area (Å²) in [6, 6.07) is 9.60. The molecule has 1 fully saturated rings. The van der Waals surface area contributed by atoms with Crippen LogP contribution in [0.1, 0.15) is 59.2 Å². The first kappa shape index (κ1) is 26.5. The van der Waals surface area contributed by atoms with Crippen molar-refractivity contribution < 1.29 is 37.5 Å². The summed E-state index contributed by atoms with van der Waals surface area (Å²) < 4.78 is 27.4. The fraction of sp³-hybridized carbons (Fsp3) is 0.308. The molecular formula is C26H24F2N2O6. The summed E-state index contributed by atoms with van der Waals surface area (Å²) in [7, 11) is 0. The van der Waals surface area contributed by atoms with Gasteiger partial charge in [-0.05, 0) is 49.9 Å². The molecule has 1 aliphatic rings. The molecule has 0 atom stereocenters. The Balaban J connectivity index is 1.41. The average Bonchev–Trinajstić information content (AvgIpc) is 2.85. The quantitative estimate of drug-likeness (QED) is 0.295. The van der Waals surface area contributed by atoms with Gasteiger partial charge in [-0.15, -0.1) is 0 Å². The summed E-state index contributed by atoms with van der Waals surface area (Å²) in [5.74, 6) is -7.00. The minimum atomic E-state index is -0.983. The third-order valence-corrected chi connectivity index (χ3v) is 5.89. The number of nitrogens with one attached hydrogen (secondary N) is 2. The Morgan fingerprint density at radius 2 is 0.944 bits per heavy atom. The van der Waals surface area contributed by atoms with E-state index in [0.29, 0.717) is 25.7 Å². The minimum Gasteiger partial charge on any atom is -0.347 e. The minimum absolute atomic E-state index is 0.264.